The van der Waals surface area contributed by atoms with Crippen LogP contribution >= 0.6 is 0 Å². The van der Waals surface area contributed by atoms with E-state index in [1.165, 1.54) is 0 Å². The van der Waals surface area contributed by atoms with Crippen molar-refractivity contribution < 1.29 is 13.2 Å². The molecule has 2 bridgehead atoms. The summed E-state index contributed by atoms with van der Waals surface area (Å²) in [6.45, 7) is 1.92. The van der Waals surface area contributed by atoms with E-state index in [4.69, 9.17) is 4.74 Å². The smallest absolute Gasteiger partial charge is 0.214 e. The minimum absolute atomic E-state index is 0.195. The van der Waals surface area contributed by atoms with E-state index in [2.05, 4.69) is 0 Å². The Balaban J connectivity index is 2.14. The monoisotopic (exact) mass is 247 g/mol. The molecule has 2 fully saturated rings. The summed E-state index contributed by atoms with van der Waals surface area (Å²) in [5.41, 5.74) is 0. The second-order valence-electron chi connectivity index (χ2n) is 4.86. The third kappa shape index (κ3) is 2.13. The maximum absolute atomic E-state index is 12.1. The van der Waals surface area contributed by atoms with Crippen molar-refractivity contribution in [1.29, 1.82) is 0 Å². The Kier molecular flexibility index (Phi) is 3.56. The second kappa shape index (κ2) is 4.63. The Labute approximate surface area is 98.0 Å². The van der Waals surface area contributed by atoms with Gasteiger partial charge in [0.2, 0.25) is 10.0 Å². The molecule has 0 aromatic carbocycles. The fraction of sp³-hybridized carbons (Fsp3) is 1.00. The number of rotatable bonds is 4. The van der Waals surface area contributed by atoms with Gasteiger partial charge in [0.1, 0.15) is 0 Å². The molecule has 0 radical (unpaired) electrons. The Morgan fingerprint density at radius 1 is 1.25 bits per heavy atom. The van der Waals surface area contributed by atoms with E-state index < -0.39 is 10.0 Å². The number of ether oxygens (including phenoxy) is 1. The number of sulfonamides is 1. The number of nitrogens with zero attached hydrogens (tertiary/aromatic N) is 1. The molecule has 0 N–H and O–H groups in total. The summed E-state index contributed by atoms with van der Waals surface area (Å²) in [4.78, 5) is 0. The van der Waals surface area contributed by atoms with Crippen molar-refractivity contribution in [3.63, 3.8) is 0 Å². The highest BCUT2D eigenvalue weighted by Crippen LogP contribution is 2.38. The summed E-state index contributed by atoms with van der Waals surface area (Å²) in [5.74, 6) is 0.289. The van der Waals surface area contributed by atoms with Crippen LogP contribution in [0.25, 0.3) is 0 Å². The van der Waals surface area contributed by atoms with Gasteiger partial charge in [0.15, 0.2) is 0 Å². The highest BCUT2D eigenvalue weighted by molar-refractivity contribution is 7.89. The van der Waals surface area contributed by atoms with Crippen molar-refractivity contribution in [1.82, 2.24) is 4.31 Å². The molecule has 2 aliphatic rings. The van der Waals surface area contributed by atoms with Crippen LogP contribution in [0.1, 0.15) is 39.0 Å². The van der Waals surface area contributed by atoms with Crippen molar-refractivity contribution in [2.24, 2.45) is 0 Å². The van der Waals surface area contributed by atoms with E-state index in [0.29, 0.717) is 6.42 Å². The third-order valence-corrected chi connectivity index (χ3v) is 5.90. The van der Waals surface area contributed by atoms with Crippen LogP contribution in [-0.2, 0) is 14.8 Å². The van der Waals surface area contributed by atoms with Crippen LogP contribution in [0.15, 0.2) is 0 Å². The minimum Gasteiger partial charge on any atom is -0.381 e. The molecule has 4 nitrogen and oxygen atoms in total. The molecule has 0 saturated carbocycles. The Morgan fingerprint density at radius 2 is 1.81 bits per heavy atom. The molecule has 0 amide bonds. The summed E-state index contributed by atoms with van der Waals surface area (Å²) in [6.07, 6.45) is 4.71. The molecule has 0 aromatic heterocycles. The van der Waals surface area contributed by atoms with Crippen LogP contribution < -0.4 is 0 Å². The predicted octanol–water partition coefficient (Wildman–Crippen LogP) is 1.37. The molecule has 0 spiro atoms. The van der Waals surface area contributed by atoms with Gasteiger partial charge in [0.25, 0.3) is 0 Å². The lowest BCUT2D eigenvalue weighted by molar-refractivity contribution is 0.0349. The van der Waals surface area contributed by atoms with Gasteiger partial charge in [-0.25, -0.2) is 8.42 Å². The molecule has 16 heavy (non-hydrogen) atoms. The fourth-order valence-electron chi connectivity index (χ4n) is 3.09. The predicted molar refractivity (Wildman–Crippen MR) is 62.8 cm³/mol. The molecule has 2 atom stereocenters. The van der Waals surface area contributed by atoms with Crippen molar-refractivity contribution in [3.8, 4) is 0 Å². The molecule has 5 heteroatoms. The van der Waals surface area contributed by atoms with E-state index in [1.807, 2.05) is 6.92 Å². The van der Waals surface area contributed by atoms with Crippen LogP contribution in [0.4, 0.5) is 0 Å². The number of fused-ring (bicyclic) bond motifs is 2. The van der Waals surface area contributed by atoms with Gasteiger partial charge >= 0.3 is 0 Å². The standard InChI is InChI=1S/C11H21NO3S/c1-3-6-16(13,14)12-9-4-5-10(12)8-11(7-9)15-2/h9-11H,3-8H2,1-2H3. The van der Waals surface area contributed by atoms with Crippen LogP contribution in [-0.4, -0.2) is 43.8 Å². The Morgan fingerprint density at radius 3 is 2.25 bits per heavy atom. The van der Waals surface area contributed by atoms with E-state index in [-0.39, 0.29) is 23.9 Å². The van der Waals surface area contributed by atoms with Crippen LogP contribution in [0.5, 0.6) is 0 Å². The molecule has 0 aliphatic carbocycles. The van der Waals surface area contributed by atoms with Crippen LogP contribution in [0, 0.1) is 0 Å². The lowest BCUT2D eigenvalue weighted by Crippen LogP contribution is -2.49. The SMILES string of the molecule is CCCS(=O)(=O)N1C2CCC1CC(OC)C2. The lowest BCUT2D eigenvalue weighted by Gasteiger charge is -2.37. The zero-order chi connectivity index (χ0) is 11.8. The Hall–Kier alpha value is -0.130. The van der Waals surface area contributed by atoms with E-state index in [1.54, 1.807) is 11.4 Å². The van der Waals surface area contributed by atoms with Crippen molar-refractivity contribution in [2.45, 2.75) is 57.2 Å². The number of methoxy groups -OCH3 is 1. The quantitative estimate of drug-likeness (QED) is 0.754. The topological polar surface area (TPSA) is 46.6 Å². The van der Waals surface area contributed by atoms with Crippen molar-refractivity contribution in [3.05, 3.63) is 0 Å². The molecular formula is C11H21NO3S. The average Bonchev–Trinajstić information content (AvgIpc) is 2.51. The highest BCUT2D eigenvalue weighted by atomic mass is 32.2. The molecule has 2 saturated heterocycles. The third-order valence-electron chi connectivity index (χ3n) is 3.74. The van der Waals surface area contributed by atoms with Gasteiger partial charge in [-0.3, -0.25) is 0 Å². The maximum Gasteiger partial charge on any atom is 0.214 e. The molecular weight excluding hydrogens is 226 g/mol. The van der Waals surface area contributed by atoms with E-state index >= 15 is 0 Å². The number of piperidine rings is 1. The maximum atomic E-state index is 12.1. The minimum atomic E-state index is -3.02. The average molecular weight is 247 g/mol. The lowest BCUT2D eigenvalue weighted by atomic mass is 10.0. The first-order valence-corrected chi connectivity index (χ1v) is 7.73. The summed E-state index contributed by atoms with van der Waals surface area (Å²) < 4.78 is 31.4. The second-order valence-corrected chi connectivity index (χ2v) is 6.85. The summed E-state index contributed by atoms with van der Waals surface area (Å²) in [5, 5.41) is 0. The van der Waals surface area contributed by atoms with E-state index in [9.17, 15) is 8.42 Å². The molecule has 2 unspecified atom stereocenters. The summed E-state index contributed by atoms with van der Waals surface area (Å²) in [6, 6.07) is 0.389. The largest absolute Gasteiger partial charge is 0.381 e. The van der Waals surface area contributed by atoms with Gasteiger partial charge in [-0.1, -0.05) is 6.92 Å². The molecule has 2 aliphatic heterocycles. The van der Waals surface area contributed by atoms with Gasteiger partial charge in [-0.05, 0) is 32.1 Å². The first-order chi connectivity index (χ1) is 7.58. The van der Waals surface area contributed by atoms with Crippen molar-refractivity contribution in [2.75, 3.05) is 12.9 Å². The molecule has 2 heterocycles. The fourth-order valence-corrected chi connectivity index (χ4v) is 5.11. The van der Waals surface area contributed by atoms with Gasteiger partial charge in [0.05, 0.1) is 11.9 Å². The normalized spacial score (nSPS) is 35.5. The van der Waals surface area contributed by atoms with Gasteiger partial charge in [0, 0.05) is 19.2 Å². The van der Waals surface area contributed by atoms with Gasteiger partial charge in [-0.2, -0.15) is 4.31 Å². The van der Waals surface area contributed by atoms with Crippen LogP contribution in [0.2, 0.25) is 0 Å². The Bertz CT molecular complexity index is 327. The molecule has 2 rings (SSSR count). The zero-order valence-electron chi connectivity index (χ0n) is 10.1. The highest BCUT2D eigenvalue weighted by Gasteiger charge is 2.46. The van der Waals surface area contributed by atoms with Gasteiger partial charge < -0.3 is 4.74 Å². The first-order valence-electron chi connectivity index (χ1n) is 6.12. The zero-order valence-corrected chi connectivity index (χ0v) is 10.9. The first kappa shape index (κ1) is 12.3. The molecule has 0 aromatic rings. The molecule has 94 valence electrons. The summed E-state index contributed by atoms with van der Waals surface area (Å²) >= 11 is 0. The van der Waals surface area contributed by atoms with Gasteiger partial charge in [-0.15, -0.1) is 0 Å². The number of hydrogen-bond acceptors (Lipinski definition) is 3. The van der Waals surface area contributed by atoms with Crippen molar-refractivity contribution >= 4 is 10.0 Å². The van der Waals surface area contributed by atoms with Crippen LogP contribution in [0.3, 0.4) is 0 Å². The summed E-state index contributed by atoms with van der Waals surface area (Å²) in [7, 11) is -1.30. The number of hydrogen-bond donors (Lipinski definition) is 0. The van der Waals surface area contributed by atoms with E-state index in [0.717, 1.165) is 25.7 Å².